The molecule has 428 valence electrons. The highest BCUT2D eigenvalue weighted by Gasteiger charge is 2.44. The first-order valence-electron chi connectivity index (χ1n) is 29.4. The minimum Gasteiger partial charge on any atom is -0.381 e. The van der Waals surface area contributed by atoms with E-state index in [1.165, 1.54) is 87.1 Å². The maximum absolute atomic E-state index is 5.83. The van der Waals surface area contributed by atoms with Crippen LogP contribution in [0, 0.1) is 34.5 Å². The van der Waals surface area contributed by atoms with Gasteiger partial charge in [-0.05, 0) is 112 Å². The van der Waals surface area contributed by atoms with E-state index in [1.807, 2.05) is 6.08 Å². The van der Waals surface area contributed by atoms with Gasteiger partial charge in [0.2, 0.25) is 0 Å². The van der Waals surface area contributed by atoms with E-state index >= 15 is 0 Å². The third kappa shape index (κ3) is 30.2. The van der Waals surface area contributed by atoms with Crippen LogP contribution in [0.2, 0.25) is 75.5 Å². The molecule has 0 bridgehead atoms. The molecule has 12 heteroatoms. The first-order chi connectivity index (χ1) is 35.4. The predicted molar refractivity (Wildman–Crippen MR) is 321 cm³/mol. The van der Waals surface area contributed by atoms with Crippen molar-refractivity contribution < 1.29 is 42.6 Å². The second kappa shape index (κ2) is 36.1. The summed E-state index contributed by atoms with van der Waals surface area (Å²) in [7, 11) is -2.98. The lowest BCUT2D eigenvalue weighted by atomic mass is 9.84. The SMILES string of the molecule is C=CCC1CCC2OC2C1.C=CCOCC1(CC)COC1.C=CCOCC1CO1.C=CC[Si](C)(C)CCC1CCC2CC2C1.C=CC[Si](C)(C)CCCOCC1CO1.C=CC[Si](C)(C)CCOCC1(CC)COC1. The second-order valence-electron chi connectivity index (χ2n) is 25.6. The number of epoxide rings is 3. The average molecular weight is 1090 g/mol. The zero-order valence-corrected chi connectivity index (χ0v) is 52.1. The van der Waals surface area contributed by atoms with Crippen LogP contribution < -0.4 is 0 Å². The smallest absolute Gasteiger partial charge is 0.104 e. The molecule has 8 aliphatic rings. The minimum atomic E-state index is -1.08. The molecule has 0 radical (unpaired) electrons. The van der Waals surface area contributed by atoms with Crippen molar-refractivity contribution in [2.75, 3.05) is 92.5 Å². The Hall–Kier alpha value is -1.27. The van der Waals surface area contributed by atoms with E-state index in [0.717, 1.165) is 103 Å². The molecule has 0 spiro atoms. The molecular formula is C62H114O9Si3. The third-order valence-electron chi connectivity index (χ3n) is 16.5. The number of fused-ring (bicyclic) bond motifs is 2. The highest BCUT2D eigenvalue weighted by atomic mass is 28.3. The molecule has 0 aromatic rings. The largest absolute Gasteiger partial charge is 0.381 e. The summed E-state index contributed by atoms with van der Waals surface area (Å²) in [5.41, 5.74) is 0.660. The van der Waals surface area contributed by atoms with Gasteiger partial charge in [0.25, 0.3) is 0 Å². The Morgan fingerprint density at radius 2 is 1.04 bits per heavy atom. The molecule has 0 amide bonds. The van der Waals surface area contributed by atoms with Crippen LogP contribution in [0.3, 0.4) is 0 Å². The summed E-state index contributed by atoms with van der Waals surface area (Å²) in [6, 6.07) is 7.83. The van der Waals surface area contributed by atoms with Crippen LogP contribution in [0.4, 0.5) is 0 Å². The van der Waals surface area contributed by atoms with Crippen LogP contribution in [0.1, 0.15) is 90.9 Å². The zero-order valence-electron chi connectivity index (χ0n) is 49.1. The fraction of sp³-hybridized carbons (Fsp3) is 0.806. The lowest BCUT2D eigenvalue weighted by Crippen LogP contribution is -2.46. The third-order valence-corrected chi connectivity index (χ3v) is 25.6. The molecule has 3 saturated carbocycles. The van der Waals surface area contributed by atoms with Crippen molar-refractivity contribution in [2.24, 2.45) is 34.5 Å². The van der Waals surface area contributed by atoms with Crippen LogP contribution in [0.15, 0.2) is 75.9 Å². The monoisotopic (exact) mass is 1090 g/mol. The number of ether oxygens (including phenoxy) is 9. The quantitative estimate of drug-likeness (QED) is 0.0283. The Bertz CT molecular complexity index is 1540. The van der Waals surface area contributed by atoms with E-state index in [4.69, 9.17) is 42.6 Å². The van der Waals surface area contributed by atoms with Gasteiger partial charge in [0, 0.05) is 24.0 Å². The van der Waals surface area contributed by atoms with Crippen LogP contribution >= 0.6 is 0 Å². The molecule has 8 fully saturated rings. The topological polar surface area (TPSA) is 93.0 Å². The first-order valence-corrected chi connectivity index (χ1v) is 39.7. The van der Waals surface area contributed by atoms with Gasteiger partial charge in [-0.1, -0.05) is 115 Å². The van der Waals surface area contributed by atoms with E-state index < -0.39 is 24.2 Å². The van der Waals surface area contributed by atoms with Crippen molar-refractivity contribution in [3.63, 3.8) is 0 Å². The molecule has 3 aliphatic carbocycles. The van der Waals surface area contributed by atoms with Crippen molar-refractivity contribution in [1.29, 1.82) is 0 Å². The molecular weight excluding hydrogens is 973 g/mol. The van der Waals surface area contributed by atoms with Gasteiger partial charge in [-0.2, -0.15) is 0 Å². The van der Waals surface area contributed by atoms with E-state index in [1.54, 1.807) is 37.8 Å². The van der Waals surface area contributed by atoms with E-state index in [0.29, 0.717) is 48.5 Å². The number of allylic oxidation sites excluding steroid dienone is 4. The second-order valence-corrected chi connectivity index (χ2v) is 41.3. The van der Waals surface area contributed by atoms with Gasteiger partial charge in [-0.25, -0.2) is 0 Å². The Kier molecular flexibility index (Phi) is 32.7. The number of hydrogen-bond donors (Lipinski definition) is 0. The lowest BCUT2D eigenvalue weighted by Gasteiger charge is -2.40. The molecule has 8 unspecified atom stereocenters. The molecule has 8 atom stereocenters. The maximum atomic E-state index is 5.83. The fourth-order valence-electron chi connectivity index (χ4n) is 10.3. The summed E-state index contributed by atoms with van der Waals surface area (Å²) in [6.45, 7) is 53.1. The maximum Gasteiger partial charge on any atom is 0.104 e. The van der Waals surface area contributed by atoms with Gasteiger partial charge in [-0.15, -0.1) is 39.5 Å². The van der Waals surface area contributed by atoms with Crippen molar-refractivity contribution in [3.05, 3.63) is 75.9 Å². The summed E-state index contributed by atoms with van der Waals surface area (Å²) in [5, 5.41) is 0. The Labute approximate surface area is 458 Å². The summed E-state index contributed by atoms with van der Waals surface area (Å²) < 4.78 is 47.6. The molecule has 5 aliphatic heterocycles. The highest BCUT2D eigenvalue weighted by molar-refractivity contribution is 6.78. The molecule has 5 heterocycles. The normalized spacial score (nSPS) is 26.9. The molecule has 8 rings (SSSR count). The number of hydrogen-bond acceptors (Lipinski definition) is 9. The van der Waals surface area contributed by atoms with Gasteiger partial charge >= 0.3 is 0 Å². The summed E-state index contributed by atoms with van der Waals surface area (Å²) in [5.74, 6) is 4.29. The molecule has 9 nitrogen and oxygen atoms in total. The van der Waals surface area contributed by atoms with E-state index in [-0.39, 0.29) is 0 Å². The van der Waals surface area contributed by atoms with Gasteiger partial charge in [-0.3, -0.25) is 0 Å². The van der Waals surface area contributed by atoms with Gasteiger partial charge < -0.3 is 42.6 Å². The van der Waals surface area contributed by atoms with E-state index in [9.17, 15) is 0 Å². The first kappa shape index (κ1) is 67.0. The van der Waals surface area contributed by atoms with Crippen molar-refractivity contribution >= 4 is 24.2 Å². The van der Waals surface area contributed by atoms with Crippen molar-refractivity contribution in [3.8, 4) is 0 Å². The van der Waals surface area contributed by atoms with Crippen LogP contribution in [0.25, 0.3) is 0 Å². The Morgan fingerprint density at radius 1 is 0.514 bits per heavy atom. The van der Waals surface area contributed by atoms with Crippen molar-refractivity contribution in [1.82, 2.24) is 0 Å². The summed E-state index contributed by atoms with van der Waals surface area (Å²) in [6.07, 6.45) is 30.3. The number of rotatable bonds is 32. The van der Waals surface area contributed by atoms with Gasteiger partial charge in [0.15, 0.2) is 0 Å². The summed E-state index contributed by atoms with van der Waals surface area (Å²) >= 11 is 0. The van der Waals surface area contributed by atoms with Crippen molar-refractivity contribution in [2.45, 2.75) is 191 Å². The molecule has 0 N–H and O–H groups in total. The van der Waals surface area contributed by atoms with Crippen LogP contribution in [0.5, 0.6) is 0 Å². The molecule has 74 heavy (non-hydrogen) atoms. The highest BCUT2D eigenvalue weighted by Crippen LogP contribution is 2.52. The zero-order chi connectivity index (χ0) is 54.4. The Balaban J connectivity index is 0.000000237. The van der Waals surface area contributed by atoms with E-state index in [2.05, 4.69) is 111 Å². The van der Waals surface area contributed by atoms with Crippen LogP contribution in [-0.2, 0) is 42.6 Å². The molecule has 5 saturated heterocycles. The standard InChI is InChI=1S/C14H26Si.C13H26O2Si.C11H22O2Si.C9H16O2.C9H14O.C6H10O2/c1-4-8-15(2,3)9-7-12-5-6-13-11-14(13)10-12;1-5-8-16(3,4)9-7-14-10-13(6-2)11-15-12-13;1-4-7-14(2,3)8-5-6-12-9-11-10-13-11;1-3-5-10-6-9(4-2)7-11-8-9;1-2-3-7-4-5-8-9(6-7)10-8;1-2-3-7-4-6-5-8-6/h4,12-14H,1,5-11H2,2-3H3;5H,1,6-12H2,2-4H3;4,11H,1,5-10H2,2-3H3;3H,1,4-8H2,2H3;2,7-9H,1,3-6H2;2,6H,1,3-5H2. The summed E-state index contributed by atoms with van der Waals surface area (Å²) in [4.78, 5) is 0. The lowest BCUT2D eigenvalue weighted by molar-refractivity contribution is -0.149. The van der Waals surface area contributed by atoms with Gasteiger partial charge in [0.05, 0.1) is 116 Å². The minimum absolute atomic E-state index is 0.322. The molecule has 0 aromatic heterocycles. The van der Waals surface area contributed by atoms with Crippen LogP contribution in [-0.4, -0.2) is 141 Å². The van der Waals surface area contributed by atoms with Gasteiger partial charge in [0.1, 0.15) is 12.2 Å². The predicted octanol–water partition coefficient (Wildman–Crippen LogP) is 15.1. The Morgan fingerprint density at radius 3 is 1.53 bits per heavy atom. The average Bonchev–Trinajstić information content (AvgIpc) is 4.11. The molecule has 0 aromatic carbocycles. The fourth-order valence-corrected chi connectivity index (χ4v) is 16.2.